The minimum atomic E-state index is -0.821. The van der Waals surface area contributed by atoms with Gasteiger partial charge in [-0.05, 0) is 37.1 Å². The molecule has 0 radical (unpaired) electrons. The smallest absolute Gasteiger partial charge is 0.320 e. The Hall–Kier alpha value is -2.25. The zero-order valence-electron chi connectivity index (χ0n) is 16.1. The van der Waals surface area contributed by atoms with Crippen molar-refractivity contribution in [2.45, 2.75) is 24.9 Å². The number of rotatable bonds is 7. The summed E-state index contributed by atoms with van der Waals surface area (Å²) in [5.74, 6) is 1.06. The monoisotopic (exact) mass is 449 g/mol. The molecule has 2 unspecified atom stereocenters. The molecule has 0 amide bonds. The largest absolute Gasteiger partial charge is 0.496 e. The molecule has 6 nitrogen and oxygen atoms in total. The fraction of sp³-hybridized carbons (Fsp3) is 0.381. The number of likely N-dealkylation sites (tertiary alicyclic amines) is 1. The van der Waals surface area contributed by atoms with Crippen LogP contribution < -0.4 is 14.2 Å². The SMILES string of the molecule is COc1ccc(Br)cc1C(c1cccc(OC)c1OC)N1CCCC1C(=O)O. The normalized spacial score (nSPS) is 17.9. The van der Waals surface area contributed by atoms with Gasteiger partial charge in [-0.1, -0.05) is 28.1 Å². The Kier molecular flexibility index (Phi) is 6.46. The van der Waals surface area contributed by atoms with Crippen LogP contribution in [0.2, 0.25) is 0 Å². The molecule has 1 saturated heterocycles. The molecule has 0 saturated carbocycles. The second-order valence-corrected chi connectivity index (χ2v) is 7.52. The lowest BCUT2D eigenvalue weighted by Gasteiger charge is -2.34. The maximum absolute atomic E-state index is 11.9. The topological polar surface area (TPSA) is 68.2 Å². The van der Waals surface area contributed by atoms with E-state index in [9.17, 15) is 9.90 Å². The Labute approximate surface area is 173 Å². The number of carboxylic acids is 1. The van der Waals surface area contributed by atoms with Crippen molar-refractivity contribution in [2.24, 2.45) is 0 Å². The van der Waals surface area contributed by atoms with Crippen LogP contribution in [-0.2, 0) is 4.79 Å². The standard InChI is InChI=1S/C21H24BrNO5/c1-26-17-10-9-13(22)12-15(17)19(23-11-5-7-16(23)21(24)25)14-6-4-8-18(27-2)20(14)28-3/h4,6,8-10,12,16,19H,5,7,11H2,1-3H3,(H,24,25). The molecule has 1 aliphatic rings. The van der Waals surface area contributed by atoms with E-state index in [2.05, 4.69) is 15.9 Å². The van der Waals surface area contributed by atoms with Crippen molar-refractivity contribution in [3.8, 4) is 17.2 Å². The summed E-state index contributed by atoms with van der Waals surface area (Å²) in [6.45, 7) is 0.664. The van der Waals surface area contributed by atoms with Gasteiger partial charge >= 0.3 is 5.97 Å². The number of hydrogen-bond acceptors (Lipinski definition) is 5. The van der Waals surface area contributed by atoms with Crippen molar-refractivity contribution in [2.75, 3.05) is 27.9 Å². The molecular weight excluding hydrogens is 426 g/mol. The number of halogens is 1. The number of carbonyl (C=O) groups is 1. The van der Waals surface area contributed by atoms with E-state index in [0.717, 1.165) is 22.0 Å². The minimum absolute atomic E-state index is 0.360. The first-order chi connectivity index (χ1) is 13.5. The first-order valence-electron chi connectivity index (χ1n) is 9.04. The molecule has 0 aromatic heterocycles. The summed E-state index contributed by atoms with van der Waals surface area (Å²) in [7, 11) is 4.80. The number of aliphatic carboxylic acids is 1. The molecule has 0 bridgehead atoms. The third-order valence-electron chi connectivity index (χ3n) is 5.13. The van der Waals surface area contributed by atoms with E-state index in [0.29, 0.717) is 30.2 Å². The van der Waals surface area contributed by atoms with E-state index in [1.165, 1.54) is 0 Å². The molecule has 3 rings (SSSR count). The van der Waals surface area contributed by atoms with E-state index in [4.69, 9.17) is 14.2 Å². The number of ether oxygens (including phenoxy) is 3. The predicted molar refractivity (Wildman–Crippen MR) is 109 cm³/mol. The number of nitrogens with zero attached hydrogens (tertiary/aromatic N) is 1. The quantitative estimate of drug-likeness (QED) is 0.685. The molecule has 2 atom stereocenters. The van der Waals surface area contributed by atoms with Gasteiger partial charge in [0.15, 0.2) is 11.5 Å². The van der Waals surface area contributed by atoms with Gasteiger partial charge in [0.05, 0.1) is 27.4 Å². The first kappa shape index (κ1) is 20.5. The lowest BCUT2D eigenvalue weighted by atomic mass is 9.94. The third kappa shape index (κ3) is 3.82. The summed E-state index contributed by atoms with van der Waals surface area (Å²) in [4.78, 5) is 13.9. The molecule has 7 heteroatoms. The first-order valence-corrected chi connectivity index (χ1v) is 9.84. The van der Waals surface area contributed by atoms with Gasteiger partial charge in [-0.25, -0.2) is 0 Å². The number of methoxy groups -OCH3 is 3. The molecule has 0 aliphatic carbocycles. The molecule has 1 heterocycles. The van der Waals surface area contributed by atoms with Crippen molar-refractivity contribution in [1.29, 1.82) is 0 Å². The summed E-state index contributed by atoms with van der Waals surface area (Å²) < 4.78 is 17.7. The fourth-order valence-electron chi connectivity index (χ4n) is 3.93. The molecule has 28 heavy (non-hydrogen) atoms. The van der Waals surface area contributed by atoms with Gasteiger partial charge in [0.1, 0.15) is 11.8 Å². The van der Waals surface area contributed by atoms with Crippen molar-refractivity contribution in [3.05, 3.63) is 52.0 Å². The molecule has 0 spiro atoms. The van der Waals surface area contributed by atoms with Crippen LogP contribution in [0.1, 0.15) is 30.0 Å². The summed E-state index contributed by atoms with van der Waals surface area (Å²) >= 11 is 3.54. The second kappa shape index (κ2) is 8.84. The number of carboxylic acid groups (broad SMARTS) is 1. The van der Waals surface area contributed by atoms with Crippen LogP contribution in [0.15, 0.2) is 40.9 Å². The van der Waals surface area contributed by atoms with E-state index < -0.39 is 12.0 Å². The molecule has 1 fully saturated rings. The van der Waals surface area contributed by atoms with E-state index >= 15 is 0 Å². The predicted octanol–water partition coefficient (Wildman–Crippen LogP) is 4.11. The summed E-state index contributed by atoms with van der Waals surface area (Å²) in [6, 6.07) is 10.5. The summed E-state index contributed by atoms with van der Waals surface area (Å²) in [5, 5.41) is 9.80. The van der Waals surface area contributed by atoms with Crippen molar-refractivity contribution in [3.63, 3.8) is 0 Å². The zero-order chi connectivity index (χ0) is 20.3. The maximum atomic E-state index is 11.9. The minimum Gasteiger partial charge on any atom is -0.496 e. The third-order valence-corrected chi connectivity index (χ3v) is 5.62. The van der Waals surface area contributed by atoms with Gasteiger partial charge in [0.2, 0.25) is 0 Å². The average Bonchev–Trinajstić information content (AvgIpc) is 3.18. The number of para-hydroxylation sites is 1. The van der Waals surface area contributed by atoms with E-state index in [1.807, 2.05) is 41.3 Å². The van der Waals surface area contributed by atoms with Crippen LogP contribution in [-0.4, -0.2) is 49.9 Å². The van der Waals surface area contributed by atoms with Gasteiger partial charge < -0.3 is 19.3 Å². The van der Waals surface area contributed by atoms with Crippen LogP contribution in [0.3, 0.4) is 0 Å². The molecule has 1 aliphatic heterocycles. The van der Waals surface area contributed by atoms with Crippen molar-refractivity contribution >= 4 is 21.9 Å². The molecule has 2 aromatic carbocycles. The Bertz CT molecular complexity index is 857. The van der Waals surface area contributed by atoms with Gasteiger partial charge in [-0.3, -0.25) is 9.69 Å². The number of benzene rings is 2. The van der Waals surface area contributed by atoms with Gasteiger partial charge in [0, 0.05) is 22.1 Å². The highest BCUT2D eigenvalue weighted by molar-refractivity contribution is 9.10. The lowest BCUT2D eigenvalue weighted by molar-refractivity contribution is -0.142. The maximum Gasteiger partial charge on any atom is 0.320 e. The summed E-state index contributed by atoms with van der Waals surface area (Å²) in [5.41, 5.74) is 1.71. The van der Waals surface area contributed by atoms with Crippen LogP contribution >= 0.6 is 15.9 Å². The molecule has 1 N–H and O–H groups in total. The van der Waals surface area contributed by atoms with Gasteiger partial charge in [0.25, 0.3) is 0 Å². The van der Waals surface area contributed by atoms with Crippen LogP contribution in [0, 0.1) is 0 Å². The average molecular weight is 450 g/mol. The Morgan fingerprint density at radius 1 is 1.11 bits per heavy atom. The van der Waals surface area contributed by atoms with E-state index in [1.54, 1.807) is 21.3 Å². The van der Waals surface area contributed by atoms with Crippen LogP contribution in [0.4, 0.5) is 0 Å². The van der Waals surface area contributed by atoms with Crippen molar-refractivity contribution < 1.29 is 24.1 Å². The fourth-order valence-corrected chi connectivity index (χ4v) is 4.31. The Balaban J connectivity index is 2.25. The second-order valence-electron chi connectivity index (χ2n) is 6.61. The molecule has 2 aromatic rings. The number of hydrogen-bond donors (Lipinski definition) is 1. The Morgan fingerprint density at radius 2 is 1.86 bits per heavy atom. The van der Waals surface area contributed by atoms with Gasteiger partial charge in [-0.2, -0.15) is 0 Å². The van der Waals surface area contributed by atoms with Gasteiger partial charge in [-0.15, -0.1) is 0 Å². The molecule has 150 valence electrons. The molecular formula is C21H24BrNO5. The Morgan fingerprint density at radius 3 is 2.50 bits per heavy atom. The highest BCUT2D eigenvalue weighted by Gasteiger charge is 2.39. The van der Waals surface area contributed by atoms with Crippen molar-refractivity contribution in [1.82, 2.24) is 4.90 Å². The van der Waals surface area contributed by atoms with E-state index in [-0.39, 0.29) is 6.04 Å². The highest BCUT2D eigenvalue weighted by Crippen LogP contribution is 2.45. The van der Waals surface area contributed by atoms with Crippen LogP contribution in [0.5, 0.6) is 17.2 Å². The van der Waals surface area contributed by atoms with Crippen LogP contribution in [0.25, 0.3) is 0 Å². The summed E-state index contributed by atoms with van der Waals surface area (Å²) in [6.07, 6.45) is 1.42. The highest BCUT2D eigenvalue weighted by atomic mass is 79.9. The lowest BCUT2D eigenvalue weighted by Crippen LogP contribution is -2.39. The zero-order valence-corrected chi connectivity index (χ0v) is 17.7.